The Morgan fingerprint density at radius 2 is 2.07 bits per heavy atom. The van der Waals surface area contributed by atoms with Crippen LogP contribution in [-0.2, 0) is 40.8 Å². The van der Waals surface area contributed by atoms with Crippen LogP contribution in [0.25, 0.3) is 10.9 Å². The Morgan fingerprint density at radius 3 is 2.83 bits per heavy atom. The van der Waals surface area contributed by atoms with Gasteiger partial charge in [-0.2, -0.15) is 5.26 Å². The summed E-state index contributed by atoms with van der Waals surface area (Å²) in [7, 11) is -3.96. The number of nitrogens with zero attached hydrogens (tertiary/aromatic N) is 2. The summed E-state index contributed by atoms with van der Waals surface area (Å²) in [5, 5.41) is 15.4. The van der Waals surface area contributed by atoms with E-state index in [-0.39, 0.29) is 23.2 Å². The number of halogens is 1. The number of sulfonamides is 1. The average molecular weight is 428 g/mol. The molecule has 0 saturated carbocycles. The Balaban J connectivity index is 1.58. The normalized spacial score (nSPS) is 16.4. The molecule has 1 aliphatic carbocycles. The van der Waals surface area contributed by atoms with Gasteiger partial charge in [-0.15, -0.1) is 0 Å². The monoisotopic (exact) mass is 427 g/mol. The molecule has 2 N–H and O–H groups in total. The second-order valence-electron chi connectivity index (χ2n) is 7.48. The molecule has 6 nitrogen and oxygen atoms in total. The molecule has 0 radical (unpaired) electrons. The van der Waals surface area contributed by atoms with Gasteiger partial charge in [0.1, 0.15) is 5.82 Å². The molecule has 0 fully saturated rings. The van der Waals surface area contributed by atoms with Gasteiger partial charge in [-0.05, 0) is 42.7 Å². The Hall–Kier alpha value is -2.73. The number of nitrogens with two attached hydrogens (primary N) is 1. The number of rotatable bonds is 6. The van der Waals surface area contributed by atoms with Gasteiger partial charge in [0.05, 0.1) is 30.1 Å². The van der Waals surface area contributed by atoms with E-state index in [9.17, 15) is 12.8 Å². The van der Waals surface area contributed by atoms with Crippen molar-refractivity contribution in [2.45, 2.75) is 49.8 Å². The fourth-order valence-corrected chi connectivity index (χ4v) is 5.02. The predicted molar refractivity (Wildman–Crippen MR) is 111 cm³/mol. The lowest BCUT2D eigenvalue weighted by Crippen LogP contribution is -2.24. The third kappa shape index (κ3) is 3.97. The number of primary sulfonamides is 1. The van der Waals surface area contributed by atoms with Crippen LogP contribution >= 0.6 is 0 Å². The molecule has 1 heterocycles. The Labute approximate surface area is 174 Å². The smallest absolute Gasteiger partial charge is 0.238 e. The molecule has 0 saturated heterocycles. The summed E-state index contributed by atoms with van der Waals surface area (Å²) in [6.45, 7) is 0.621. The number of ether oxygens (including phenoxy) is 1. The second-order valence-corrected chi connectivity index (χ2v) is 9.00. The van der Waals surface area contributed by atoms with E-state index in [1.54, 1.807) is 0 Å². The molecule has 1 atom stereocenters. The summed E-state index contributed by atoms with van der Waals surface area (Å²) in [5.41, 5.74) is 3.76. The van der Waals surface area contributed by atoms with E-state index in [0.717, 1.165) is 35.9 Å². The second kappa shape index (κ2) is 8.19. The lowest BCUT2D eigenvalue weighted by molar-refractivity contribution is 0.0304. The highest BCUT2D eigenvalue weighted by atomic mass is 32.2. The SMILES string of the molecule is N#CCCn1c2c(c3ccccc31)CC(OCc1cc(F)ccc1S(N)(=O)=O)CC2. The summed E-state index contributed by atoms with van der Waals surface area (Å²) in [5.74, 6) is -0.535. The summed E-state index contributed by atoms with van der Waals surface area (Å²) in [4.78, 5) is -0.117. The van der Waals surface area contributed by atoms with Gasteiger partial charge in [-0.3, -0.25) is 0 Å². The number of benzene rings is 2. The minimum absolute atomic E-state index is 0.0312. The van der Waals surface area contributed by atoms with Gasteiger partial charge in [0.25, 0.3) is 0 Å². The number of aromatic nitrogens is 1. The van der Waals surface area contributed by atoms with Crippen LogP contribution in [0.1, 0.15) is 29.7 Å². The maximum atomic E-state index is 13.7. The van der Waals surface area contributed by atoms with Gasteiger partial charge in [0.2, 0.25) is 10.0 Å². The van der Waals surface area contributed by atoms with E-state index >= 15 is 0 Å². The highest BCUT2D eigenvalue weighted by Crippen LogP contribution is 2.33. The van der Waals surface area contributed by atoms with Gasteiger partial charge in [0, 0.05) is 35.1 Å². The van der Waals surface area contributed by atoms with Crippen LogP contribution < -0.4 is 5.14 Å². The van der Waals surface area contributed by atoms with Crippen molar-refractivity contribution in [3.05, 3.63) is 65.1 Å². The first-order valence-corrected chi connectivity index (χ1v) is 11.3. The van der Waals surface area contributed by atoms with Crippen LogP contribution in [0.4, 0.5) is 4.39 Å². The zero-order valence-electron chi connectivity index (χ0n) is 16.3. The van der Waals surface area contributed by atoms with Crippen molar-refractivity contribution in [2.24, 2.45) is 5.14 Å². The molecule has 0 bridgehead atoms. The molecular formula is C22H22FN3O3S. The van der Waals surface area contributed by atoms with E-state index in [4.69, 9.17) is 15.1 Å². The van der Waals surface area contributed by atoms with E-state index in [0.29, 0.717) is 19.4 Å². The lowest BCUT2D eigenvalue weighted by atomic mass is 9.93. The molecule has 1 unspecified atom stereocenters. The molecule has 0 aliphatic heterocycles. The standard InChI is InChI=1S/C22H22FN3O3S/c23-16-6-9-22(30(25,27)28)15(12-16)14-29-17-7-8-21-19(13-17)18-4-1-2-5-20(18)26(21)11-3-10-24/h1-2,4-6,9,12,17H,3,7-8,11,13-14H2,(H2,25,27,28). The fourth-order valence-electron chi connectivity index (χ4n) is 4.27. The Kier molecular flexibility index (Phi) is 5.60. The zero-order chi connectivity index (χ0) is 21.3. The molecule has 30 heavy (non-hydrogen) atoms. The van der Waals surface area contributed by atoms with Crippen molar-refractivity contribution in [3.8, 4) is 6.07 Å². The molecule has 1 aliphatic rings. The Morgan fingerprint density at radius 1 is 1.27 bits per heavy atom. The van der Waals surface area contributed by atoms with Gasteiger partial charge in [-0.25, -0.2) is 17.9 Å². The predicted octanol–water partition coefficient (Wildman–Crippen LogP) is 3.42. The molecule has 156 valence electrons. The van der Waals surface area contributed by atoms with E-state index in [2.05, 4.69) is 22.8 Å². The molecule has 0 spiro atoms. The zero-order valence-corrected chi connectivity index (χ0v) is 17.2. The first kappa shape index (κ1) is 20.5. The average Bonchev–Trinajstić information content (AvgIpc) is 3.03. The number of hydrogen-bond donors (Lipinski definition) is 1. The number of hydrogen-bond acceptors (Lipinski definition) is 4. The topological polar surface area (TPSA) is 98.1 Å². The summed E-state index contributed by atoms with van der Waals surface area (Å²) >= 11 is 0. The quantitative estimate of drug-likeness (QED) is 0.652. The number of para-hydroxylation sites is 1. The fraction of sp³-hybridized carbons (Fsp3) is 0.318. The van der Waals surface area contributed by atoms with Crippen LogP contribution in [-0.4, -0.2) is 19.1 Å². The third-order valence-electron chi connectivity index (χ3n) is 5.58. The van der Waals surface area contributed by atoms with Gasteiger partial charge >= 0.3 is 0 Å². The first-order chi connectivity index (χ1) is 14.4. The van der Waals surface area contributed by atoms with Crippen LogP contribution in [0, 0.1) is 17.1 Å². The van der Waals surface area contributed by atoms with Crippen molar-refractivity contribution in [2.75, 3.05) is 0 Å². The van der Waals surface area contributed by atoms with Crippen molar-refractivity contribution in [1.29, 1.82) is 5.26 Å². The summed E-state index contributed by atoms with van der Waals surface area (Å²) < 4.78 is 45.5. The molecule has 0 amide bonds. The van der Waals surface area contributed by atoms with Crippen molar-refractivity contribution >= 4 is 20.9 Å². The van der Waals surface area contributed by atoms with E-state index in [1.807, 2.05) is 12.1 Å². The van der Waals surface area contributed by atoms with Gasteiger partial charge < -0.3 is 9.30 Å². The highest BCUT2D eigenvalue weighted by Gasteiger charge is 2.26. The molecule has 4 rings (SSSR count). The minimum Gasteiger partial charge on any atom is -0.373 e. The Bertz CT molecular complexity index is 1240. The van der Waals surface area contributed by atoms with E-state index < -0.39 is 15.8 Å². The van der Waals surface area contributed by atoms with Crippen LogP contribution in [0.2, 0.25) is 0 Å². The van der Waals surface area contributed by atoms with Crippen molar-refractivity contribution in [1.82, 2.24) is 4.57 Å². The molecule has 3 aromatic rings. The highest BCUT2D eigenvalue weighted by molar-refractivity contribution is 7.89. The van der Waals surface area contributed by atoms with Crippen molar-refractivity contribution < 1.29 is 17.5 Å². The van der Waals surface area contributed by atoms with Gasteiger partial charge in [0.15, 0.2) is 0 Å². The summed E-state index contributed by atoms with van der Waals surface area (Å²) in [6, 6.07) is 13.7. The first-order valence-electron chi connectivity index (χ1n) is 9.77. The van der Waals surface area contributed by atoms with Crippen molar-refractivity contribution in [3.63, 3.8) is 0 Å². The minimum atomic E-state index is -3.96. The number of aryl methyl sites for hydroxylation is 1. The number of nitriles is 1. The molecule has 8 heteroatoms. The maximum absolute atomic E-state index is 13.7. The van der Waals surface area contributed by atoms with Gasteiger partial charge in [-0.1, -0.05) is 18.2 Å². The maximum Gasteiger partial charge on any atom is 0.238 e. The summed E-state index contributed by atoms with van der Waals surface area (Å²) in [6.07, 6.45) is 2.56. The third-order valence-corrected chi connectivity index (χ3v) is 6.59. The lowest BCUT2D eigenvalue weighted by Gasteiger charge is -2.25. The largest absolute Gasteiger partial charge is 0.373 e. The molecule has 2 aromatic carbocycles. The molecular weight excluding hydrogens is 405 g/mol. The number of fused-ring (bicyclic) bond motifs is 3. The van der Waals surface area contributed by atoms with Crippen LogP contribution in [0.15, 0.2) is 47.4 Å². The molecule has 1 aromatic heterocycles. The van der Waals surface area contributed by atoms with Crippen LogP contribution in [0.5, 0.6) is 0 Å². The van der Waals surface area contributed by atoms with E-state index in [1.165, 1.54) is 17.3 Å². The van der Waals surface area contributed by atoms with Crippen LogP contribution in [0.3, 0.4) is 0 Å².